The van der Waals surface area contributed by atoms with Crippen LogP contribution < -0.4 is 21.1 Å². The van der Waals surface area contributed by atoms with E-state index >= 15 is 0 Å². The molecule has 2 aromatic rings. The number of hydrogen-bond acceptors (Lipinski definition) is 6. The molecule has 0 fully saturated rings. The van der Waals surface area contributed by atoms with Gasteiger partial charge in [-0.1, -0.05) is 25.5 Å². The molecule has 0 aliphatic heterocycles. The smallest absolute Gasteiger partial charge is 0.416 e. The Balaban J connectivity index is 2.16. The number of carbonyl (C=O) groups excluding carboxylic acids is 1. The highest BCUT2D eigenvalue weighted by Crippen LogP contribution is 2.32. The molecule has 0 aliphatic rings. The molecule has 0 spiro atoms. The van der Waals surface area contributed by atoms with Gasteiger partial charge in [0.2, 0.25) is 10.0 Å². The third-order valence-corrected chi connectivity index (χ3v) is 6.51. The summed E-state index contributed by atoms with van der Waals surface area (Å²) in [5.74, 6) is -2.69. The number of alkyl halides is 3. The molecule has 37 heavy (non-hydrogen) atoms. The van der Waals surface area contributed by atoms with Crippen LogP contribution in [0.15, 0.2) is 42.5 Å². The normalized spacial score (nSPS) is 12.5. The van der Waals surface area contributed by atoms with Crippen LogP contribution in [0.5, 0.6) is 0 Å². The van der Waals surface area contributed by atoms with Gasteiger partial charge in [0.15, 0.2) is 0 Å². The SMILES string of the molecule is CCCCS(=O)(=O)N[C@@H](Cc1ccc(NC(=O)c2cc(NCC(=N)N)cc(C(F)(F)F)c2)cc1)C(=O)O. The van der Waals surface area contributed by atoms with Gasteiger partial charge in [0.05, 0.1) is 17.9 Å². The van der Waals surface area contributed by atoms with Crippen LogP contribution >= 0.6 is 0 Å². The molecule has 0 radical (unpaired) electrons. The lowest BCUT2D eigenvalue weighted by Crippen LogP contribution is -2.43. The third kappa shape index (κ3) is 9.73. The van der Waals surface area contributed by atoms with Gasteiger partial charge in [-0.25, -0.2) is 13.1 Å². The zero-order chi connectivity index (χ0) is 27.8. The lowest BCUT2D eigenvalue weighted by Gasteiger charge is -2.15. The van der Waals surface area contributed by atoms with Gasteiger partial charge < -0.3 is 21.5 Å². The summed E-state index contributed by atoms with van der Waals surface area (Å²) in [7, 11) is -3.78. The fourth-order valence-electron chi connectivity index (χ4n) is 3.17. The van der Waals surface area contributed by atoms with Gasteiger partial charge in [-0.15, -0.1) is 0 Å². The van der Waals surface area contributed by atoms with E-state index in [2.05, 4.69) is 15.4 Å². The molecule has 1 amide bonds. The molecule has 0 saturated carbocycles. The van der Waals surface area contributed by atoms with Crippen molar-refractivity contribution in [2.75, 3.05) is 22.9 Å². The number of benzene rings is 2. The van der Waals surface area contributed by atoms with Crippen molar-refractivity contribution in [2.45, 2.75) is 38.4 Å². The van der Waals surface area contributed by atoms with Crippen LogP contribution in [0.4, 0.5) is 24.5 Å². The quantitative estimate of drug-likeness (QED) is 0.166. The van der Waals surface area contributed by atoms with Crippen molar-refractivity contribution in [3.8, 4) is 0 Å². The highest BCUT2D eigenvalue weighted by atomic mass is 32.2. The lowest BCUT2D eigenvalue weighted by atomic mass is 10.1. The topological polar surface area (TPSA) is 174 Å². The van der Waals surface area contributed by atoms with E-state index in [9.17, 15) is 36.3 Å². The van der Waals surface area contributed by atoms with Crippen molar-refractivity contribution in [3.05, 3.63) is 59.2 Å². The molecule has 0 aliphatic carbocycles. The number of amides is 1. The molecule has 1 atom stereocenters. The van der Waals surface area contributed by atoms with E-state index in [4.69, 9.17) is 11.1 Å². The summed E-state index contributed by atoms with van der Waals surface area (Å²) in [5, 5.41) is 21.6. The molecule has 14 heteroatoms. The summed E-state index contributed by atoms with van der Waals surface area (Å²) in [6, 6.07) is 7.04. The van der Waals surface area contributed by atoms with Crippen molar-refractivity contribution in [1.29, 1.82) is 5.41 Å². The van der Waals surface area contributed by atoms with Crippen LogP contribution in [-0.4, -0.2) is 49.6 Å². The Morgan fingerprint density at radius 2 is 1.76 bits per heavy atom. The number of carbonyl (C=O) groups is 2. The number of sulfonamides is 1. The summed E-state index contributed by atoms with van der Waals surface area (Å²) in [6.07, 6.45) is -3.87. The third-order valence-electron chi connectivity index (χ3n) is 5.04. The molecule has 7 N–H and O–H groups in total. The van der Waals surface area contributed by atoms with Crippen molar-refractivity contribution in [1.82, 2.24) is 4.72 Å². The first-order valence-corrected chi connectivity index (χ1v) is 12.8. The van der Waals surface area contributed by atoms with E-state index in [0.717, 1.165) is 6.07 Å². The molecular weight excluding hydrogens is 515 g/mol. The van der Waals surface area contributed by atoms with E-state index in [0.29, 0.717) is 24.5 Å². The molecule has 2 aromatic carbocycles. The van der Waals surface area contributed by atoms with Gasteiger partial charge in [-0.2, -0.15) is 13.2 Å². The summed E-state index contributed by atoms with van der Waals surface area (Å²) in [5.41, 5.74) is 4.49. The predicted molar refractivity (Wildman–Crippen MR) is 133 cm³/mol. The Morgan fingerprint density at radius 1 is 1.11 bits per heavy atom. The number of nitrogens with two attached hydrogens (primary N) is 1. The van der Waals surface area contributed by atoms with Crippen molar-refractivity contribution < 1.29 is 36.3 Å². The van der Waals surface area contributed by atoms with E-state index in [-0.39, 0.29) is 41.5 Å². The number of unbranched alkanes of at least 4 members (excludes halogenated alkanes) is 1. The molecule has 0 unspecified atom stereocenters. The van der Waals surface area contributed by atoms with Gasteiger partial charge in [-0.3, -0.25) is 15.0 Å². The summed E-state index contributed by atoms with van der Waals surface area (Å²) in [4.78, 5) is 24.2. The predicted octanol–water partition coefficient (Wildman–Crippen LogP) is 3.02. The van der Waals surface area contributed by atoms with Crippen LogP contribution in [-0.2, 0) is 27.4 Å². The summed E-state index contributed by atoms with van der Waals surface area (Å²) in [6.45, 7) is 1.60. The monoisotopic (exact) mass is 543 g/mol. The number of hydrogen-bond donors (Lipinski definition) is 6. The second-order valence-corrected chi connectivity index (χ2v) is 10.1. The minimum atomic E-state index is -4.72. The average molecular weight is 544 g/mol. The van der Waals surface area contributed by atoms with Crippen LogP contribution in [0.2, 0.25) is 0 Å². The Labute approximate surface area is 212 Å². The maximum atomic E-state index is 13.3. The number of anilines is 2. The molecule has 0 heterocycles. The molecule has 10 nitrogen and oxygen atoms in total. The maximum Gasteiger partial charge on any atom is 0.416 e. The van der Waals surface area contributed by atoms with Crippen molar-refractivity contribution in [3.63, 3.8) is 0 Å². The molecule has 2 rings (SSSR count). The summed E-state index contributed by atoms with van der Waals surface area (Å²) < 4.78 is 66.2. The van der Waals surface area contributed by atoms with Crippen LogP contribution in [0.3, 0.4) is 0 Å². The number of aliphatic carboxylic acids is 1. The van der Waals surface area contributed by atoms with Crippen molar-refractivity contribution in [2.24, 2.45) is 5.73 Å². The molecular formula is C23H28F3N5O5S. The number of carboxylic acids is 1. The summed E-state index contributed by atoms with van der Waals surface area (Å²) >= 11 is 0. The zero-order valence-electron chi connectivity index (χ0n) is 19.9. The minimum Gasteiger partial charge on any atom is -0.480 e. The number of amidine groups is 1. The minimum absolute atomic E-state index is 0.0494. The largest absolute Gasteiger partial charge is 0.480 e. The fraction of sp³-hybridized carbons (Fsp3) is 0.348. The Morgan fingerprint density at radius 3 is 2.30 bits per heavy atom. The van der Waals surface area contributed by atoms with Gasteiger partial charge in [0, 0.05) is 16.9 Å². The fourth-order valence-corrected chi connectivity index (χ4v) is 4.58. The Kier molecular flexibility index (Phi) is 10.0. The van der Waals surface area contributed by atoms with Crippen LogP contribution in [0, 0.1) is 5.41 Å². The standard InChI is InChI=1S/C23H28F3N5O5S/c1-2-3-8-37(35,36)31-19(22(33)34)9-14-4-6-17(7-5-14)30-21(32)15-10-16(23(24,25)26)12-18(11-15)29-13-20(27)28/h4-7,10-12,19,29,31H,2-3,8-9,13H2,1H3,(H3,27,28)(H,30,32)(H,33,34)/t19-/m0/s1. The number of halogens is 3. The highest BCUT2D eigenvalue weighted by molar-refractivity contribution is 7.89. The number of carboxylic acid groups (broad SMARTS) is 1. The van der Waals surface area contributed by atoms with E-state index in [1.165, 1.54) is 30.3 Å². The first kappa shape index (κ1) is 29.6. The maximum absolute atomic E-state index is 13.3. The first-order chi connectivity index (χ1) is 17.2. The molecule has 0 bridgehead atoms. The number of nitrogens with one attached hydrogen (secondary N) is 4. The Bertz CT molecular complexity index is 1230. The Hall–Kier alpha value is -3.65. The lowest BCUT2D eigenvalue weighted by molar-refractivity contribution is -0.139. The van der Waals surface area contributed by atoms with Gasteiger partial charge in [0.1, 0.15) is 11.9 Å². The second kappa shape index (κ2) is 12.5. The number of rotatable bonds is 13. The van der Waals surface area contributed by atoms with Gasteiger partial charge in [0.25, 0.3) is 5.91 Å². The van der Waals surface area contributed by atoms with E-state index in [1.807, 2.05) is 6.92 Å². The van der Waals surface area contributed by atoms with Gasteiger partial charge in [-0.05, 0) is 48.7 Å². The highest BCUT2D eigenvalue weighted by Gasteiger charge is 2.32. The van der Waals surface area contributed by atoms with Crippen LogP contribution in [0.1, 0.15) is 41.3 Å². The van der Waals surface area contributed by atoms with Crippen LogP contribution in [0.25, 0.3) is 0 Å². The van der Waals surface area contributed by atoms with E-state index < -0.39 is 39.7 Å². The van der Waals surface area contributed by atoms with E-state index in [1.54, 1.807) is 0 Å². The average Bonchev–Trinajstić information content (AvgIpc) is 2.81. The molecule has 0 saturated heterocycles. The molecule has 0 aromatic heterocycles. The zero-order valence-corrected chi connectivity index (χ0v) is 20.7. The molecule has 202 valence electrons. The second-order valence-electron chi connectivity index (χ2n) is 8.21. The van der Waals surface area contributed by atoms with Crippen molar-refractivity contribution >= 4 is 39.1 Å². The first-order valence-electron chi connectivity index (χ1n) is 11.1. The van der Waals surface area contributed by atoms with Gasteiger partial charge >= 0.3 is 12.1 Å².